The van der Waals surface area contributed by atoms with Crippen molar-refractivity contribution in [3.8, 4) is 11.5 Å². The molecule has 0 spiro atoms. The minimum Gasteiger partial charge on any atom is -0.493 e. The summed E-state index contributed by atoms with van der Waals surface area (Å²) in [4.78, 5) is 45.6. The van der Waals surface area contributed by atoms with Crippen molar-refractivity contribution in [1.29, 1.82) is 0 Å². The average molecular weight is 575 g/mol. The average Bonchev–Trinajstić information content (AvgIpc) is 3.43. The summed E-state index contributed by atoms with van der Waals surface area (Å²) in [5.74, 6) is -0.521. The first-order chi connectivity index (χ1) is 19.8. The van der Waals surface area contributed by atoms with Gasteiger partial charge in [0.25, 0.3) is 11.5 Å². The fraction of sp³-hybridized carbons (Fsp3) is 0.300. The number of methoxy groups -OCH3 is 1. The highest BCUT2D eigenvalue weighted by atomic mass is 32.1. The summed E-state index contributed by atoms with van der Waals surface area (Å²) in [5, 5.41) is 5.80. The van der Waals surface area contributed by atoms with Crippen LogP contribution in [0.25, 0.3) is 6.08 Å². The maximum atomic E-state index is 14.0. The third kappa shape index (κ3) is 5.08. The van der Waals surface area contributed by atoms with Gasteiger partial charge in [-0.2, -0.15) is 10.1 Å². The van der Waals surface area contributed by atoms with Crippen molar-refractivity contribution in [2.45, 2.75) is 33.7 Å². The molecular weight excluding hydrogens is 544 g/mol. The van der Waals surface area contributed by atoms with Gasteiger partial charge in [0.1, 0.15) is 5.92 Å². The minimum absolute atomic E-state index is 0.167. The molecular formula is C30H30N4O6S. The Labute approximate surface area is 240 Å². The van der Waals surface area contributed by atoms with Gasteiger partial charge >= 0.3 is 5.97 Å². The Morgan fingerprint density at radius 1 is 1.05 bits per heavy atom. The first-order valence-electron chi connectivity index (χ1n) is 13.2. The fourth-order valence-electron chi connectivity index (χ4n) is 4.93. The van der Waals surface area contributed by atoms with Gasteiger partial charge in [0.05, 0.1) is 53.6 Å². The second-order valence-corrected chi connectivity index (χ2v) is 10.4. The number of carbonyl (C=O) groups is 2. The highest BCUT2D eigenvalue weighted by Crippen LogP contribution is 2.36. The molecule has 2 atom stereocenters. The number of hydrogen-bond donors (Lipinski definition) is 0. The second kappa shape index (κ2) is 11.5. The number of benzene rings is 2. The van der Waals surface area contributed by atoms with Crippen molar-refractivity contribution in [1.82, 2.24) is 4.57 Å². The Kier molecular flexibility index (Phi) is 7.89. The van der Waals surface area contributed by atoms with Crippen molar-refractivity contribution in [3.63, 3.8) is 0 Å². The predicted molar refractivity (Wildman–Crippen MR) is 156 cm³/mol. The number of hydrazone groups is 1. The first-order valence-corrected chi connectivity index (χ1v) is 14.0. The number of allylic oxidation sites excluding steroid dienone is 1. The zero-order chi connectivity index (χ0) is 29.3. The summed E-state index contributed by atoms with van der Waals surface area (Å²) in [5.41, 5.74) is 2.17. The Balaban J connectivity index is 1.65. The first kappa shape index (κ1) is 28.0. The quantitative estimate of drug-likeness (QED) is 0.382. The molecule has 11 heteroatoms. The molecule has 41 heavy (non-hydrogen) atoms. The Bertz CT molecular complexity index is 1760. The van der Waals surface area contributed by atoms with Gasteiger partial charge in [0.2, 0.25) is 0 Å². The van der Waals surface area contributed by atoms with Crippen molar-refractivity contribution in [2.24, 2.45) is 16.0 Å². The molecule has 212 valence electrons. The van der Waals surface area contributed by atoms with Crippen LogP contribution in [0.1, 0.15) is 39.3 Å². The molecule has 2 aliphatic rings. The van der Waals surface area contributed by atoms with Crippen molar-refractivity contribution in [3.05, 3.63) is 85.1 Å². The zero-order valence-corrected chi connectivity index (χ0v) is 24.2. The Morgan fingerprint density at radius 2 is 1.80 bits per heavy atom. The van der Waals surface area contributed by atoms with E-state index in [2.05, 4.69) is 10.1 Å². The number of fused-ring (bicyclic) bond motifs is 1. The van der Waals surface area contributed by atoms with Crippen LogP contribution in [-0.4, -0.2) is 42.5 Å². The molecule has 2 aliphatic heterocycles. The molecule has 0 aliphatic carbocycles. The number of nitrogens with zero attached hydrogens (tertiary/aromatic N) is 4. The number of rotatable bonds is 8. The number of carbonyl (C=O) groups excluding carboxylic acids is 2. The van der Waals surface area contributed by atoms with Crippen LogP contribution in [0.3, 0.4) is 0 Å². The van der Waals surface area contributed by atoms with Crippen LogP contribution < -0.4 is 29.4 Å². The number of anilines is 1. The molecule has 5 rings (SSSR count). The summed E-state index contributed by atoms with van der Waals surface area (Å²) >= 11 is 1.16. The maximum Gasteiger partial charge on any atom is 0.338 e. The molecule has 0 radical (unpaired) electrons. The van der Waals surface area contributed by atoms with E-state index in [1.54, 1.807) is 64.3 Å². The van der Waals surface area contributed by atoms with E-state index in [0.29, 0.717) is 50.1 Å². The Morgan fingerprint density at radius 3 is 2.49 bits per heavy atom. The number of aromatic nitrogens is 1. The Hall–Kier alpha value is -4.51. The molecule has 0 saturated heterocycles. The third-order valence-corrected chi connectivity index (χ3v) is 7.82. The number of para-hydroxylation sites is 1. The molecule has 2 aromatic carbocycles. The summed E-state index contributed by atoms with van der Waals surface area (Å²) in [7, 11) is 1.54. The molecule has 1 amide bonds. The van der Waals surface area contributed by atoms with E-state index < -0.39 is 17.9 Å². The summed E-state index contributed by atoms with van der Waals surface area (Å²) < 4.78 is 18.4. The van der Waals surface area contributed by atoms with Crippen LogP contribution in [0.5, 0.6) is 11.5 Å². The molecule has 3 heterocycles. The fourth-order valence-corrected chi connectivity index (χ4v) is 5.99. The van der Waals surface area contributed by atoms with Gasteiger partial charge in [-0.1, -0.05) is 35.6 Å². The lowest BCUT2D eigenvalue weighted by Crippen LogP contribution is -2.40. The van der Waals surface area contributed by atoms with Crippen LogP contribution in [0.2, 0.25) is 0 Å². The van der Waals surface area contributed by atoms with Crippen LogP contribution in [0.15, 0.2) is 74.7 Å². The van der Waals surface area contributed by atoms with Gasteiger partial charge < -0.3 is 14.2 Å². The van der Waals surface area contributed by atoms with Gasteiger partial charge in [0, 0.05) is 0 Å². The topological polar surface area (TPSA) is 112 Å². The van der Waals surface area contributed by atoms with Crippen LogP contribution in [0, 0.1) is 5.92 Å². The van der Waals surface area contributed by atoms with Crippen molar-refractivity contribution < 1.29 is 23.8 Å². The summed E-state index contributed by atoms with van der Waals surface area (Å²) in [6.45, 7) is 7.63. The lowest BCUT2D eigenvalue weighted by atomic mass is 9.95. The van der Waals surface area contributed by atoms with Crippen LogP contribution in [0.4, 0.5) is 5.69 Å². The van der Waals surface area contributed by atoms with Gasteiger partial charge in [0.15, 0.2) is 16.3 Å². The van der Waals surface area contributed by atoms with E-state index in [0.717, 1.165) is 11.3 Å². The van der Waals surface area contributed by atoms with Gasteiger partial charge in [-0.05, 0) is 63.6 Å². The molecule has 0 fully saturated rings. The third-order valence-electron chi connectivity index (χ3n) is 6.82. The van der Waals surface area contributed by atoms with E-state index in [4.69, 9.17) is 14.2 Å². The van der Waals surface area contributed by atoms with E-state index in [9.17, 15) is 14.4 Å². The maximum absolute atomic E-state index is 14.0. The lowest BCUT2D eigenvalue weighted by molar-refractivity contribution is -0.139. The smallest absolute Gasteiger partial charge is 0.338 e. The van der Waals surface area contributed by atoms with Crippen LogP contribution >= 0.6 is 11.3 Å². The van der Waals surface area contributed by atoms with Gasteiger partial charge in [-0.3, -0.25) is 14.2 Å². The van der Waals surface area contributed by atoms with Gasteiger partial charge in [-0.15, -0.1) is 0 Å². The number of esters is 1. The molecule has 3 aromatic rings. The van der Waals surface area contributed by atoms with Gasteiger partial charge in [-0.25, -0.2) is 9.79 Å². The predicted octanol–water partition coefficient (Wildman–Crippen LogP) is 3.20. The van der Waals surface area contributed by atoms with E-state index in [1.807, 2.05) is 25.1 Å². The highest BCUT2D eigenvalue weighted by Gasteiger charge is 2.36. The molecule has 0 saturated carbocycles. The SMILES string of the molecule is CCOC(=O)C1=C(C)N=c2s/c(=C/[C@H]3C(=O)N(c4ccccc4)N=C3C)c(=O)n2[C@H]1c1ccc(OC)c(OCC)c1. The van der Waals surface area contributed by atoms with Crippen molar-refractivity contribution in [2.75, 3.05) is 25.3 Å². The number of amides is 1. The number of ether oxygens (including phenoxy) is 3. The van der Waals surface area contributed by atoms with E-state index in [1.165, 1.54) is 9.58 Å². The number of thiazole rings is 1. The van der Waals surface area contributed by atoms with Crippen LogP contribution in [-0.2, 0) is 14.3 Å². The molecule has 0 unspecified atom stereocenters. The van der Waals surface area contributed by atoms with E-state index in [-0.39, 0.29) is 23.6 Å². The van der Waals surface area contributed by atoms with Crippen molar-refractivity contribution >= 4 is 40.7 Å². The summed E-state index contributed by atoms with van der Waals surface area (Å²) in [6.07, 6.45) is 1.63. The normalized spacial score (nSPS) is 18.7. The highest BCUT2D eigenvalue weighted by molar-refractivity contribution is 7.07. The van der Waals surface area contributed by atoms with E-state index >= 15 is 0 Å². The molecule has 10 nitrogen and oxygen atoms in total. The second-order valence-electron chi connectivity index (χ2n) is 9.37. The number of hydrogen-bond acceptors (Lipinski definition) is 9. The molecule has 0 bridgehead atoms. The monoisotopic (exact) mass is 574 g/mol. The largest absolute Gasteiger partial charge is 0.493 e. The minimum atomic E-state index is -0.826. The molecule has 1 aromatic heterocycles. The zero-order valence-electron chi connectivity index (χ0n) is 23.4. The lowest BCUT2D eigenvalue weighted by Gasteiger charge is -2.25. The standard InChI is InChI=1S/C30H30N4O6S/c1-6-39-23-15-19(13-14-22(23)38-5)26-25(29(37)40-7-2)18(4)31-30-33(26)28(36)24(41-30)16-21-17(3)32-34(27(21)35)20-11-9-8-10-12-20/h8-16,21,26H,6-7H2,1-5H3/b24-16+/t21-,26+/m1/s1. The molecule has 0 N–H and O–H groups in total. The summed E-state index contributed by atoms with van der Waals surface area (Å²) in [6, 6.07) is 13.6.